The van der Waals surface area contributed by atoms with E-state index in [0.29, 0.717) is 36.0 Å². The minimum Gasteiger partial charge on any atom is -0.462 e. The molecule has 0 fully saturated rings. The van der Waals surface area contributed by atoms with Gasteiger partial charge in [-0.2, -0.15) is 0 Å². The summed E-state index contributed by atoms with van der Waals surface area (Å²) in [6.45, 7) is 4.87. The van der Waals surface area contributed by atoms with Crippen LogP contribution < -0.4 is 5.32 Å². The lowest BCUT2D eigenvalue weighted by molar-refractivity contribution is 0.0526. The van der Waals surface area contributed by atoms with E-state index in [2.05, 4.69) is 22.2 Å². The van der Waals surface area contributed by atoms with E-state index < -0.39 is 0 Å². The van der Waals surface area contributed by atoms with Gasteiger partial charge in [-0.15, -0.1) is 0 Å². The van der Waals surface area contributed by atoms with Crippen molar-refractivity contribution in [3.63, 3.8) is 0 Å². The third-order valence-corrected chi connectivity index (χ3v) is 3.72. The van der Waals surface area contributed by atoms with Gasteiger partial charge in [0.1, 0.15) is 5.69 Å². The molecule has 138 valence electrons. The molecular formula is C19H24N4O3. The van der Waals surface area contributed by atoms with Gasteiger partial charge in [0.25, 0.3) is 5.91 Å². The van der Waals surface area contributed by atoms with Gasteiger partial charge in [0.2, 0.25) is 5.95 Å². The summed E-state index contributed by atoms with van der Waals surface area (Å²) in [6.07, 6.45) is 3.52. The molecule has 0 aliphatic rings. The average molecular weight is 356 g/mol. The molecule has 26 heavy (non-hydrogen) atoms. The second-order valence-corrected chi connectivity index (χ2v) is 5.77. The van der Waals surface area contributed by atoms with Crippen molar-refractivity contribution in [1.29, 1.82) is 0 Å². The minimum absolute atomic E-state index is 0.137. The fraction of sp³-hybridized carbons (Fsp3) is 0.368. The molecule has 2 rings (SSSR count). The van der Waals surface area contributed by atoms with Crippen LogP contribution in [0, 0.1) is 0 Å². The highest BCUT2D eigenvalue weighted by molar-refractivity contribution is 5.92. The van der Waals surface area contributed by atoms with Crippen LogP contribution in [-0.2, 0) is 4.74 Å². The molecule has 2 aromatic rings. The molecule has 1 heterocycles. The molecule has 0 bridgehead atoms. The Morgan fingerprint density at radius 3 is 2.54 bits per heavy atom. The molecule has 1 N–H and O–H groups in total. The van der Waals surface area contributed by atoms with E-state index in [1.165, 1.54) is 0 Å². The van der Waals surface area contributed by atoms with Crippen LogP contribution in [-0.4, -0.2) is 46.9 Å². The SMILES string of the molecule is CCCCN(C)C(=O)c1ccnc(Nc2ccc(C(=O)OCC)cc2)n1. The molecule has 7 heteroatoms. The molecule has 0 aliphatic carbocycles. The summed E-state index contributed by atoms with van der Waals surface area (Å²) >= 11 is 0. The number of esters is 1. The number of nitrogens with zero attached hydrogens (tertiary/aromatic N) is 3. The van der Waals surface area contributed by atoms with Crippen molar-refractivity contribution in [2.45, 2.75) is 26.7 Å². The first-order valence-electron chi connectivity index (χ1n) is 8.67. The second kappa shape index (κ2) is 9.50. The van der Waals surface area contributed by atoms with Crippen LogP contribution in [0.15, 0.2) is 36.5 Å². The first-order chi connectivity index (χ1) is 12.5. The van der Waals surface area contributed by atoms with Gasteiger partial charge >= 0.3 is 5.97 Å². The summed E-state index contributed by atoms with van der Waals surface area (Å²) in [4.78, 5) is 34.1. The van der Waals surface area contributed by atoms with Crippen LogP contribution in [0.1, 0.15) is 47.5 Å². The second-order valence-electron chi connectivity index (χ2n) is 5.77. The maximum absolute atomic E-state index is 12.4. The van der Waals surface area contributed by atoms with Crippen molar-refractivity contribution < 1.29 is 14.3 Å². The zero-order valence-electron chi connectivity index (χ0n) is 15.4. The third kappa shape index (κ3) is 5.27. The van der Waals surface area contributed by atoms with Crippen LogP contribution in [0.3, 0.4) is 0 Å². The molecule has 0 saturated carbocycles. The Balaban J connectivity index is 2.06. The number of ether oxygens (including phenoxy) is 1. The number of benzene rings is 1. The number of anilines is 2. The normalized spacial score (nSPS) is 10.3. The van der Waals surface area contributed by atoms with Crippen molar-refractivity contribution in [3.8, 4) is 0 Å². The zero-order chi connectivity index (χ0) is 18.9. The molecule has 0 unspecified atom stereocenters. The molecule has 0 aliphatic heterocycles. The van der Waals surface area contributed by atoms with Crippen LogP contribution in [0.5, 0.6) is 0 Å². The maximum Gasteiger partial charge on any atom is 0.338 e. The van der Waals surface area contributed by atoms with Crippen LogP contribution in [0.4, 0.5) is 11.6 Å². The minimum atomic E-state index is -0.363. The first-order valence-corrected chi connectivity index (χ1v) is 8.67. The number of nitrogens with one attached hydrogen (secondary N) is 1. The number of carbonyl (C=O) groups is 2. The summed E-state index contributed by atoms with van der Waals surface area (Å²) in [5, 5.41) is 3.03. The number of rotatable bonds is 8. The number of hydrogen-bond acceptors (Lipinski definition) is 6. The van der Waals surface area contributed by atoms with Crippen molar-refractivity contribution in [1.82, 2.24) is 14.9 Å². The number of carbonyl (C=O) groups excluding carboxylic acids is 2. The Kier molecular flexibility index (Phi) is 7.08. The summed E-state index contributed by atoms with van der Waals surface area (Å²) in [7, 11) is 1.77. The van der Waals surface area contributed by atoms with Crippen molar-refractivity contribution in [2.75, 3.05) is 25.5 Å². The summed E-state index contributed by atoms with van der Waals surface area (Å²) in [5.41, 5.74) is 1.52. The lowest BCUT2D eigenvalue weighted by atomic mass is 10.2. The standard InChI is InChI=1S/C19H24N4O3/c1-4-6-13-23(3)17(24)16-11-12-20-19(22-16)21-15-9-7-14(8-10-15)18(25)26-5-2/h7-12H,4-6,13H2,1-3H3,(H,20,21,22). The molecule has 1 amide bonds. The summed E-state index contributed by atoms with van der Waals surface area (Å²) in [5.74, 6) is -0.178. The molecule has 1 aromatic carbocycles. The molecule has 7 nitrogen and oxygen atoms in total. The van der Waals surface area contributed by atoms with E-state index >= 15 is 0 Å². The van der Waals surface area contributed by atoms with Gasteiger partial charge in [-0.25, -0.2) is 14.8 Å². The van der Waals surface area contributed by atoms with Crippen molar-refractivity contribution >= 4 is 23.5 Å². The highest BCUT2D eigenvalue weighted by Crippen LogP contribution is 2.15. The van der Waals surface area contributed by atoms with Crippen LogP contribution >= 0.6 is 0 Å². The van der Waals surface area contributed by atoms with Gasteiger partial charge in [0.15, 0.2) is 0 Å². The zero-order valence-corrected chi connectivity index (χ0v) is 15.4. The van der Waals surface area contributed by atoms with E-state index in [0.717, 1.165) is 12.8 Å². The monoisotopic (exact) mass is 356 g/mol. The topological polar surface area (TPSA) is 84.4 Å². The molecule has 0 saturated heterocycles. The van der Waals surface area contributed by atoms with Crippen molar-refractivity contribution in [3.05, 3.63) is 47.8 Å². The summed E-state index contributed by atoms with van der Waals surface area (Å²) in [6, 6.07) is 8.39. The Labute approximate surface area is 153 Å². The fourth-order valence-corrected chi connectivity index (χ4v) is 2.26. The number of unbranched alkanes of at least 4 members (excludes halogenated alkanes) is 1. The predicted molar refractivity (Wildman–Crippen MR) is 99.6 cm³/mol. The fourth-order valence-electron chi connectivity index (χ4n) is 2.26. The van der Waals surface area contributed by atoms with E-state index in [9.17, 15) is 9.59 Å². The highest BCUT2D eigenvalue weighted by Gasteiger charge is 2.14. The van der Waals surface area contributed by atoms with Gasteiger partial charge in [-0.1, -0.05) is 13.3 Å². The highest BCUT2D eigenvalue weighted by atomic mass is 16.5. The molecular weight excluding hydrogens is 332 g/mol. The third-order valence-electron chi connectivity index (χ3n) is 3.72. The maximum atomic E-state index is 12.4. The summed E-state index contributed by atoms with van der Waals surface area (Å²) < 4.78 is 4.95. The van der Waals surface area contributed by atoms with Crippen LogP contribution in [0.2, 0.25) is 0 Å². The number of aromatic nitrogens is 2. The van der Waals surface area contributed by atoms with Gasteiger partial charge in [0.05, 0.1) is 12.2 Å². The van der Waals surface area contributed by atoms with Crippen LogP contribution in [0.25, 0.3) is 0 Å². The van der Waals surface area contributed by atoms with Gasteiger partial charge in [0, 0.05) is 25.5 Å². The Hall–Kier alpha value is -2.96. The largest absolute Gasteiger partial charge is 0.462 e. The van der Waals surface area contributed by atoms with E-state index in [1.807, 2.05) is 0 Å². The smallest absolute Gasteiger partial charge is 0.338 e. The predicted octanol–water partition coefficient (Wildman–Crippen LogP) is 3.27. The molecule has 0 atom stereocenters. The van der Waals surface area contributed by atoms with Gasteiger partial charge in [-0.3, -0.25) is 4.79 Å². The Bertz CT molecular complexity index is 747. The molecule has 1 aromatic heterocycles. The average Bonchev–Trinajstić information content (AvgIpc) is 2.66. The van der Waals surface area contributed by atoms with Gasteiger partial charge in [-0.05, 0) is 43.7 Å². The first kappa shape index (κ1) is 19.4. The van der Waals surface area contributed by atoms with Gasteiger partial charge < -0.3 is 15.0 Å². The lowest BCUT2D eigenvalue weighted by Gasteiger charge is -2.16. The number of amides is 1. The Morgan fingerprint density at radius 1 is 1.15 bits per heavy atom. The molecule has 0 spiro atoms. The number of hydrogen-bond donors (Lipinski definition) is 1. The quantitative estimate of drug-likeness (QED) is 0.731. The van der Waals surface area contributed by atoms with Crippen molar-refractivity contribution in [2.24, 2.45) is 0 Å². The molecule has 0 radical (unpaired) electrons. The van der Waals surface area contributed by atoms with E-state index in [4.69, 9.17) is 4.74 Å². The lowest BCUT2D eigenvalue weighted by Crippen LogP contribution is -2.28. The van der Waals surface area contributed by atoms with E-state index in [1.54, 1.807) is 55.4 Å². The Morgan fingerprint density at radius 2 is 1.88 bits per heavy atom. The van der Waals surface area contributed by atoms with E-state index in [-0.39, 0.29) is 11.9 Å².